The molecule has 1 aromatic carbocycles. The Labute approximate surface area is 129 Å². The number of nitrogens with one attached hydrogen (secondary N) is 2. The zero-order valence-electron chi connectivity index (χ0n) is 13.3. The van der Waals surface area contributed by atoms with Crippen LogP contribution in [0.15, 0.2) is 24.3 Å². The maximum absolute atomic E-state index is 12.4. The summed E-state index contributed by atoms with van der Waals surface area (Å²) in [5.74, 6) is 0.441. The number of carbonyl (C=O) groups is 1. The van der Waals surface area contributed by atoms with Crippen molar-refractivity contribution in [3.05, 3.63) is 46.8 Å². The van der Waals surface area contributed by atoms with Gasteiger partial charge in [0, 0.05) is 40.5 Å². The molecule has 2 aromatic heterocycles. The summed E-state index contributed by atoms with van der Waals surface area (Å²) < 4.78 is 1.86. The lowest BCUT2D eigenvalue weighted by atomic mass is 10.1. The minimum absolute atomic E-state index is 0.146. The van der Waals surface area contributed by atoms with E-state index >= 15 is 0 Å². The summed E-state index contributed by atoms with van der Waals surface area (Å²) in [5, 5.41) is 8.36. The number of hydrogen-bond donors (Lipinski definition) is 2. The molecule has 0 fully saturated rings. The Hall–Kier alpha value is -2.56. The fourth-order valence-electron chi connectivity index (χ4n) is 2.69. The number of benzene rings is 1. The molecule has 2 heterocycles. The fraction of sp³-hybridized carbons (Fsp3) is 0.294. The minimum Gasteiger partial charge on any atom is -0.358 e. The van der Waals surface area contributed by atoms with E-state index < -0.39 is 0 Å². The molecule has 3 rings (SSSR count). The number of rotatable bonds is 3. The molecular weight excluding hydrogens is 276 g/mol. The van der Waals surface area contributed by atoms with Crippen LogP contribution in [0.25, 0.3) is 10.9 Å². The third-order valence-corrected chi connectivity index (χ3v) is 4.09. The number of H-pyrrole nitrogens is 1. The Morgan fingerprint density at radius 2 is 2.05 bits per heavy atom. The summed E-state index contributed by atoms with van der Waals surface area (Å²) in [7, 11) is 0. The van der Waals surface area contributed by atoms with E-state index in [0.29, 0.717) is 11.4 Å². The number of hydrogen-bond acceptors (Lipinski definition) is 2. The van der Waals surface area contributed by atoms with Crippen molar-refractivity contribution in [2.24, 2.45) is 0 Å². The van der Waals surface area contributed by atoms with Crippen LogP contribution in [0.3, 0.4) is 0 Å². The minimum atomic E-state index is -0.146. The molecule has 114 valence electrons. The van der Waals surface area contributed by atoms with Crippen molar-refractivity contribution in [1.82, 2.24) is 14.8 Å². The fourth-order valence-corrected chi connectivity index (χ4v) is 2.69. The van der Waals surface area contributed by atoms with Crippen LogP contribution in [-0.2, 0) is 6.54 Å². The summed E-state index contributed by atoms with van der Waals surface area (Å²) in [6.45, 7) is 8.90. The van der Waals surface area contributed by atoms with Crippen LogP contribution in [0, 0.1) is 20.8 Å². The highest BCUT2D eigenvalue weighted by Gasteiger charge is 2.12. The van der Waals surface area contributed by atoms with Gasteiger partial charge in [-0.05, 0) is 45.4 Å². The number of aryl methyl sites for hydroxylation is 4. The molecule has 5 heteroatoms. The Kier molecular flexibility index (Phi) is 3.48. The first-order chi connectivity index (χ1) is 10.5. The number of nitrogens with zero attached hydrogens (tertiary/aromatic N) is 2. The number of anilines is 1. The third kappa shape index (κ3) is 2.39. The largest absolute Gasteiger partial charge is 0.358 e. The first kappa shape index (κ1) is 14.4. The lowest BCUT2D eigenvalue weighted by molar-refractivity contribution is 0.102. The molecule has 0 aliphatic heterocycles. The van der Waals surface area contributed by atoms with Crippen molar-refractivity contribution in [3.8, 4) is 0 Å². The standard InChI is InChI=1S/C17H20N4O/c1-5-21-10(2)8-16(20-21)19-17(22)13-6-7-14-11(3)12(4)18-15(14)9-13/h6-9,18H,5H2,1-4H3,(H,19,20,22). The van der Waals surface area contributed by atoms with Gasteiger partial charge in [0.05, 0.1) is 0 Å². The van der Waals surface area contributed by atoms with Crippen molar-refractivity contribution in [2.75, 3.05) is 5.32 Å². The van der Waals surface area contributed by atoms with Gasteiger partial charge in [0.1, 0.15) is 0 Å². The zero-order valence-corrected chi connectivity index (χ0v) is 13.3. The molecule has 2 N–H and O–H groups in total. The van der Waals surface area contributed by atoms with Crippen molar-refractivity contribution >= 4 is 22.6 Å². The average Bonchev–Trinajstić information content (AvgIpc) is 2.98. The van der Waals surface area contributed by atoms with Gasteiger partial charge in [-0.15, -0.1) is 0 Å². The second-order valence-corrected chi connectivity index (χ2v) is 5.58. The molecule has 1 amide bonds. The summed E-state index contributed by atoms with van der Waals surface area (Å²) in [4.78, 5) is 15.7. The van der Waals surface area contributed by atoms with Crippen molar-refractivity contribution in [3.63, 3.8) is 0 Å². The first-order valence-corrected chi connectivity index (χ1v) is 7.44. The molecule has 0 atom stereocenters. The quantitative estimate of drug-likeness (QED) is 0.776. The van der Waals surface area contributed by atoms with Crippen molar-refractivity contribution < 1.29 is 4.79 Å². The molecule has 0 saturated carbocycles. The molecule has 0 radical (unpaired) electrons. The Bertz CT molecular complexity index is 857. The van der Waals surface area contributed by atoms with Crippen molar-refractivity contribution in [1.29, 1.82) is 0 Å². The van der Waals surface area contributed by atoms with Crippen LogP contribution in [0.5, 0.6) is 0 Å². The van der Waals surface area contributed by atoms with E-state index in [1.165, 1.54) is 5.56 Å². The molecule has 0 unspecified atom stereocenters. The summed E-state index contributed by atoms with van der Waals surface area (Å²) in [6, 6.07) is 7.60. The van der Waals surface area contributed by atoms with Gasteiger partial charge in [-0.2, -0.15) is 5.10 Å². The van der Waals surface area contributed by atoms with E-state index in [-0.39, 0.29) is 5.91 Å². The lowest BCUT2D eigenvalue weighted by Crippen LogP contribution is -2.12. The van der Waals surface area contributed by atoms with Crippen LogP contribution >= 0.6 is 0 Å². The number of carbonyl (C=O) groups excluding carboxylic acids is 1. The predicted octanol–water partition coefficient (Wildman–Crippen LogP) is 3.56. The smallest absolute Gasteiger partial charge is 0.256 e. The van der Waals surface area contributed by atoms with Crippen LogP contribution in [-0.4, -0.2) is 20.7 Å². The SMILES string of the molecule is CCn1nc(NC(=O)c2ccc3c(C)c(C)[nH]c3c2)cc1C. The number of aromatic amines is 1. The van der Waals surface area contributed by atoms with Gasteiger partial charge >= 0.3 is 0 Å². The molecule has 0 aliphatic rings. The van der Waals surface area contributed by atoms with Gasteiger partial charge < -0.3 is 10.3 Å². The molecule has 0 spiro atoms. The van der Waals surface area contributed by atoms with Crippen LogP contribution in [0.1, 0.15) is 34.2 Å². The Morgan fingerprint density at radius 3 is 2.73 bits per heavy atom. The molecule has 22 heavy (non-hydrogen) atoms. The van der Waals surface area contributed by atoms with Gasteiger partial charge in [-0.1, -0.05) is 6.07 Å². The van der Waals surface area contributed by atoms with E-state index in [1.54, 1.807) is 0 Å². The topological polar surface area (TPSA) is 62.7 Å². The first-order valence-electron chi connectivity index (χ1n) is 7.44. The van der Waals surface area contributed by atoms with E-state index in [9.17, 15) is 4.79 Å². The lowest BCUT2D eigenvalue weighted by Gasteiger charge is -2.02. The second-order valence-electron chi connectivity index (χ2n) is 5.58. The number of aromatic nitrogens is 3. The molecular formula is C17H20N4O. The highest BCUT2D eigenvalue weighted by molar-refractivity contribution is 6.06. The van der Waals surface area contributed by atoms with Gasteiger partial charge in [0.25, 0.3) is 5.91 Å². The Balaban J connectivity index is 1.88. The number of amides is 1. The van der Waals surface area contributed by atoms with Gasteiger partial charge in [-0.3, -0.25) is 9.48 Å². The normalized spacial score (nSPS) is 11.1. The predicted molar refractivity (Wildman–Crippen MR) is 88.4 cm³/mol. The monoisotopic (exact) mass is 296 g/mol. The third-order valence-electron chi connectivity index (χ3n) is 4.09. The van der Waals surface area contributed by atoms with E-state index in [2.05, 4.69) is 22.3 Å². The molecule has 0 saturated heterocycles. The van der Waals surface area contributed by atoms with E-state index in [1.807, 2.05) is 49.7 Å². The molecule has 3 aromatic rings. The van der Waals surface area contributed by atoms with E-state index in [0.717, 1.165) is 28.8 Å². The molecule has 0 aliphatic carbocycles. The maximum atomic E-state index is 12.4. The van der Waals surface area contributed by atoms with Crippen LogP contribution in [0.4, 0.5) is 5.82 Å². The average molecular weight is 296 g/mol. The number of fused-ring (bicyclic) bond motifs is 1. The second kappa shape index (κ2) is 5.33. The van der Waals surface area contributed by atoms with Gasteiger partial charge in [0.15, 0.2) is 5.82 Å². The summed E-state index contributed by atoms with van der Waals surface area (Å²) in [6.07, 6.45) is 0. The van der Waals surface area contributed by atoms with Crippen molar-refractivity contribution in [2.45, 2.75) is 34.2 Å². The highest BCUT2D eigenvalue weighted by atomic mass is 16.1. The van der Waals surface area contributed by atoms with Crippen LogP contribution in [0.2, 0.25) is 0 Å². The summed E-state index contributed by atoms with van der Waals surface area (Å²) >= 11 is 0. The van der Waals surface area contributed by atoms with Gasteiger partial charge in [-0.25, -0.2) is 0 Å². The van der Waals surface area contributed by atoms with E-state index in [4.69, 9.17) is 0 Å². The summed E-state index contributed by atoms with van der Waals surface area (Å²) in [5.41, 5.74) is 4.99. The molecule has 5 nitrogen and oxygen atoms in total. The zero-order chi connectivity index (χ0) is 15.9. The molecule has 0 bridgehead atoms. The van der Waals surface area contributed by atoms with Gasteiger partial charge in [0.2, 0.25) is 0 Å². The maximum Gasteiger partial charge on any atom is 0.256 e. The van der Waals surface area contributed by atoms with Crippen LogP contribution < -0.4 is 5.32 Å². The Morgan fingerprint density at radius 1 is 1.27 bits per heavy atom. The highest BCUT2D eigenvalue weighted by Crippen LogP contribution is 2.22.